The number of allylic oxidation sites excluding steroid dienone is 4. The van der Waals surface area contributed by atoms with E-state index in [4.69, 9.17) is 0 Å². The van der Waals surface area contributed by atoms with Crippen LogP contribution in [0.3, 0.4) is 0 Å². The number of hydrogen-bond acceptors (Lipinski definition) is 1. The van der Waals surface area contributed by atoms with Gasteiger partial charge >= 0.3 is 0 Å². The van der Waals surface area contributed by atoms with E-state index in [1.165, 1.54) is 27.8 Å². The van der Waals surface area contributed by atoms with Crippen LogP contribution in [0.5, 0.6) is 0 Å². The standard InChI is InChI=1S/C22H27N.C8H14.C2H6/c1-15-9-6-7-10-17(15)16(2)18-11-8-12-19-21(18)20(13-14-23-5)22(19,3)4;1-7(2)5-6-8(3)4;1-2/h6-14,16,20,23H,1-5H3;5-6,8H,1H2,2-4H3;1-2H3/b14-13-;6-5-;. The molecule has 2 aromatic rings. The molecule has 1 heteroatoms. The van der Waals surface area contributed by atoms with E-state index in [9.17, 15) is 0 Å². The van der Waals surface area contributed by atoms with Gasteiger partial charge in [-0.1, -0.05) is 121 Å². The summed E-state index contributed by atoms with van der Waals surface area (Å²) in [6.07, 6.45) is 8.58. The maximum absolute atomic E-state index is 3.74. The molecule has 1 aliphatic rings. The van der Waals surface area contributed by atoms with Crippen molar-refractivity contribution in [1.82, 2.24) is 5.32 Å². The zero-order valence-corrected chi connectivity index (χ0v) is 22.8. The highest BCUT2D eigenvalue weighted by atomic mass is 14.8. The van der Waals surface area contributed by atoms with Gasteiger partial charge in [0, 0.05) is 24.3 Å². The Balaban J connectivity index is 0.000000464. The molecule has 1 nitrogen and oxygen atoms in total. The molecule has 0 spiro atoms. The third-order valence-corrected chi connectivity index (χ3v) is 6.27. The third kappa shape index (κ3) is 7.22. The van der Waals surface area contributed by atoms with Crippen LogP contribution in [-0.2, 0) is 5.41 Å². The van der Waals surface area contributed by atoms with Crippen molar-refractivity contribution in [3.8, 4) is 0 Å². The molecule has 0 heterocycles. The summed E-state index contributed by atoms with van der Waals surface area (Å²) in [4.78, 5) is 0. The van der Waals surface area contributed by atoms with Crippen LogP contribution in [0.2, 0.25) is 0 Å². The number of aryl methyl sites for hydroxylation is 1. The van der Waals surface area contributed by atoms with E-state index in [-0.39, 0.29) is 5.41 Å². The van der Waals surface area contributed by atoms with Crippen LogP contribution in [0.1, 0.15) is 95.0 Å². The van der Waals surface area contributed by atoms with Crippen LogP contribution in [0.15, 0.2) is 79.0 Å². The number of nitrogens with one attached hydrogen (secondary N) is 1. The summed E-state index contributed by atoms with van der Waals surface area (Å²) in [5, 5.41) is 3.14. The fourth-order valence-corrected chi connectivity index (χ4v) is 4.45. The molecule has 33 heavy (non-hydrogen) atoms. The second kappa shape index (κ2) is 13.2. The van der Waals surface area contributed by atoms with E-state index in [0.717, 1.165) is 5.57 Å². The summed E-state index contributed by atoms with van der Waals surface area (Å²) >= 11 is 0. The predicted octanol–water partition coefficient (Wildman–Crippen LogP) is 9.06. The molecule has 0 saturated heterocycles. The summed E-state index contributed by atoms with van der Waals surface area (Å²) in [5.41, 5.74) is 8.64. The molecule has 180 valence electrons. The van der Waals surface area contributed by atoms with E-state index in [1.807, 2.05) is 33.9 Å². The van der Waals surface area contributed by atoms with Crippen LogP contribution in [0.4, 0.5) is 0 Å². The van der Waals surface area contributed by atoms with Crippen LogP contribution in [0, 0.1) is 12.8 Å². The second-order valence-electron chi connectivity index (χ2n) is 9.68. The topological polar surface area (TPSA) is 12.0 Å². The maximum Gasteiger partial charge on any atom is 0.0133 e. The minimum absolute atomic E-state index is 0.212. The molecule has 0 radical (unpaired) electrons. The molecule has 0 fully saturated rings. The summed E-state index contributed by atoms with van der Waals surface area (Å²) < 4.78 is 0. The Morgan fingerprint density at radius 3 is 2.12 bits per heavy atom. The molecule has 1 N–H and O–H groups in total. The Hall–Kier alpha value is -2.54. The highest BCUT2D eigenvalue weighted by Crippen LogP contribution is 2.55. The number of hydrogen-bond donors (Lipinski definition) is 1. The Bertz CT molecular complexity index is 943. The summed E-state index contributed by atoms with van der Waals surface area (Å²) in [6, 6.07) is 15.6. The average molecular weight is 446 g/mol. The van der Waals surface area contributed by atoms with Gasteiger partial charge in [0.2, 0.25) is 0 Å². The van der Waals surface area contributed by atoms with Crippen molar-refractivity contribution < 1.29 is 0 Å². The molecule has 0 aliphatic heterocycles. The Labute approximate surface area is 204 Å². The third-order valence-electron chi connectivity index (χ3n) is 6.27. The predicted molar refractivity (Wildman–Crippen MR) is 149 cm³/mol. The highest BCUT2D eigenvalue weighted by molar-refractivity contribution is 5.58. The molecule has 0 bridgehead atoms. The molecule has 1 aliphatic carbocycles. The largest absolute Gasteiger partial charge is 0.394 e. The zero-order chi connectivity index (χ0) is 25.2. The van der Waals surface area contributed by atoms with Gasteiger partial charge in [0.15, 0.2) is 0 Å². The second-order valence-corrected chi connectivity index (χ2v) is 9.68. The van der Waals surface area contributed by atoms with Crippen LogP contribution in [-0.4, -0.2) is 7.05 Å². The summed E-state index contributed by atoms with van der Waals surface area (Å²) in [5.74, 6) is 1.55. The van der Waals surface area contributed by atoms with Crippen molar-refractivity contribution in [2.75, 3.05) is 7.05 Å². The average Bonchev–Trinajstić information content (AvgIpc) is 2.79. The lowest BCUT2D eigenvalue weighted by molar-refractivity contribution is 0.396. The van der Waals surface area contributed by atoms with Gasteiger partial charge in [0.05, 0.1) is 0 Å². The SMILES string of the molecule is C=C(C)/C=C\C(C)C.CC.CN/C=C\C1c2c(C(C)c3ccccc3C)cccc2C1(C)C. The summed E-state index contributed by atoms with van der Waals surface area (Å²) in [6.45, 7) is 23.3. The van der Waals surface area contributed by atoms with E-state index < -0.39 is 0 Å². The fraction of sp³-hybridized carbons (Fsp3) is 0.438. The minimum Gasteiger partial charge on any atom is -0.394 e. The van der Waals surface area contributed by atoms with Gasteiger partial charge in [-0.05, 0) is 53.8 Å². The molecule has 0 aromatic heterocycles. The fourth-order valence-electron chi connectivity index (χ4n) is 4.45. The molecular formula is C32H47N. The monoisotopic (exact) mass is 445 g/mol. The van der Waals surface area contributed by atoms with Gasteiger partial charge in [0.25, 0.3) is 0 Å². The van der Waals surface area contributed by atoms with Gasteiger partial charge in [-0.3, -0.25) is 0 Å². The molecule has 2 unspecified atom stereocenters. The summed E-state index contributed by atoms with van der Waals surface area (Å²) in [7, 11) is 1.96. The van der Waals surface area contributed by atoms with Crippen LogP contribution in [0.25, 0.3) is 0 Å². The molecular weight excluding hydrogens is 398 g/mol. The minimum atomic E-state index is 0.212. The maximum atomic E-state index is 3.74. The normalized spacial score (nSPS) is 16.8. The van der Waals surface area contributed by atoms with Gasteiger partial charge in [-0.25, -0.2) is 0 Å². The lowest BCUT2D eigenvalue weighted by atomic mass is 9.56. The Kier molecular flexibility index (Phi) is 11.4. The van der Waals surface area contributed by atoms with Crippen molar-refractivity contribution >= 4 is 0 Å². The molecule has 2 aromatic carbocycles. The lowest BCUT2D eigenvalue weighted by Crippen LogP contribution is -2.39. The van der Waals surface area contributed by atoms with Gasteiger partial charge in [-0.2, -0.15) is 0 Å². The molecule has 0 saturated carbocycles. The van der Waals surface area contributed by atoms with E-state index in [0.29, 0.717) is 17.8 Å². The number of fused-ring (bicyclic) bond motifs is 1. The van der Waals surface area contributed by atoms with Crippen molar-refractivity contribution in [3.63, 3.8) is 0 Å². The van der Waals surface area contributed by atoms with E-state index in [2.05, 4.69) is 114 Å². The molecule has 2 atom stereocenters. The van der Waals surface area contributed by atoms with E-state index in [1.54, 1.807) is 0 Å². The molecule has 0 amide bonds. The Morgan fingerprint density at radius 2 is 1.61 bits per heavy atom. The highest BCUT2D eigenvalue weighted by Gasteiger charge is 2.44. The van der Waals surface area contributed by atoms with Gasteiger partial charge in [0.1, 0.15) is 0 Å². The van der Waals surface area contributed by atoms with Crippen molar-refractivity contribution in [2.45, 2.75) is 79.6 Å². The molecule has 3 rings (SSSR count). The van der Waals surface area contributed by atoms with Crippen molar-refractivity contribution in [2.24, 2.45) is 5.92 Å². The number of rotatable bonds is 6. The van der Waals surface area contributed by atoms with Crippen LogP contribution < -0.4 is 5.32 Å². The van der Waals surface area contributed by atoms with Crippen LogP contribution >= 0.6 is 0 Å². The Morgan fingerprint density at radius 1 is 1.00 bits per heavy atom. The van der Waals surface area contributed by atoms with Crippen molar-refractivity contribution in [1.29, 1.82) is 0 Å². The van der Waals surface area contributed by atoms with E-state index >= 15 is 0 Å². The first-order chi connectivity index (χ1) is 15.6. The zero-order valence-electron chi connectivity index (χ0n) is 22.8. The first kappa shape index (κ1) is 28.5. The number of benzene rings is 2. The van der Waals surface area contributed by atoms with Crippen molar-refractivity contribution in [3.05, 3.63) is 107 Å². The lowest BCUT2D eigenvalue weighted by Gasteiger charge is -2.47. The first-order valence-corrected chi connectivity index (χ1v) is 12.5. The van der Waals surface area contributed by atoms with Gasteiger partial charge < -0.3 is 5.32 Å². The quantitative estimate of drug-likeness (QED) is 0.437. The smallest absolute Gasteiger partial charge is 0.0133 e. The first-order valence-electron chi connectivity index (χ1n) is 12.5. The van der Waals surface area contributed by atoms with Gasteiger partial charge in [-0.15, -0.1) is 0 Å².